The predicted octanol–water partition coefficient (Wildman–Crippen LogP) is 2.78. The van der Waals surface area contributed by atoms with E-state index in [1.807, 2.05) is 54.6 Å². The number of para-hydroxylation sites is 1. The summed E-state index contributed by atoms with van der Waals surface area (Å²) in [5, 5.41) is 19.3. The molecule has 0 fully saturated rings. The molecule has 0 spiro atoms. The summed E-state index contributed by atoms with van der Waals surface area (Å²) in [6.45, 7) is 0.328. The zero-order valence-corrected chi connectivity index (χ0v) is 16.1. The first kappa shape index (κ1) is 20.2. The van der Waals surface area contributed by atoms with Gasteiger partial charge in [-0.1, -0.05) is 42.5 Å². The van der Waals surface area contributed by atoms with Crippen molar-refractivity contribution in [1.82, 2.24) is 14.9 Å². The largest absolute Gasteiger partial charge is 0.489 e. The highest BCUT2D eigenvalue weighted by Crippen LogP contribution is 2.13. The molecule has 0 amide bonds. The minimum atomic E-state index is -1.02. The molecular weight excluding hydrogens is 392 g/mol. The maximum atomic E-state index is 12.5. The average molecular weight is 410 g/mol. The normalized spacial score (nSPS) is 10.9. The third-order valence-electron chi connectivity index (χ3n) is 4.00. The summed E-state index contributed by atoms with van der Waals surface area (Å²) in [7, 11) is 0. The van der Waals surface area contributed by atoms with Gasteiger partial charge in [-0.05, 0) is 29.9 Å². The summed E-state index contributed by atoms with van der Waals surface area (Å²) in [4.78, 5) is 23.2. The van der Waals surface area contributed by atoms with E-state index in [-0.39, 0.29) is 23.3 Å². The lowest BCUT2D eigenvalue weighted by Gasteiger charge is -2.08. The lowest BCUT2D eigenvalue weighted by molar-refractivity contribution is -0.136. The van der Waals surface area contributed by atoms with Crippen molar-refractivity contribution in [3.63, 3.8) is 0 Å². The monoisotopic (exact) mass is 410 g/mol. The Morgan fingerprint density at radius 2 is 1.93 bits per heavy atom. The van der Waals surface area contributed by atoms with Crippen molar-refractivity contribution < 1.29 is 14.6 Å². The number of rotatable bonds is 8. The Labute approximate surface area is 171 Å². The minimum Gasteiger partial charge on any atom is -0.489 e. The number of aryl methyl sites for hydroxylation is 1. The molecule has 0 saturated carbocycles. The first-order chi connectivity index (χ1) is 14.0. The second-order valence-corrected chi connectivity index (χ2v) is 6.42. The fraction of sp³-hybridized carbons (Fsp3) is 0.150. The number of H-pyrrole nitrogens is 1. The zero-order chi connectivity index (χ0) is 20.6. The molecule has 8 nitrogen and oxygen atoms in total. The Bertz CT molecular complexity index is 1140. The van der Waals surface area contributed by atoms with Crippen molar-refractivity contribution >= 4 is 24.4 Å². The SMILES string of the molecule is O=C(O)CCc1n[nH]c(=S)n(/N=C\c2ccccc2COc2ccccc2)c1=O. The van der Waals surface area contributed by atoms with Crippen LogP contribution in [0.2, 0.25) is 0 Å². The molecule has 29 heavy (non-hydrogen) atoms. The highest BCUT2D eigenvalue weighted by molar-refractivity contribution is 7.71. The van der Waals surface area contributed by atoms with Crippen LogP contribution in [0.5, 0.6) is 5.75 Å². The van der Waals surface area contributed by atoms with Crippen LogP contribution in [0.4, 0.5) is 0 Å². The number of carboxylic acids is 1. The first-order valence-electron chi connectivity index (χ1n) is 8.77. The lowest BCUT2D eigenvalue weighted by Crippen LogP contribution is -2.25. The average Bonchev–Trinajstić information content (AvgIpc) is 2.73. The molecule has 3 aromatic rings. The lowest BCUT2D eigenvalue weighted by atomic mass is 10.1. The van der Waals surface area contributed by atoms with Crippen molar-refractivity contribution in [2.75, 3.05) is 0 Å². The van der Waals surface area contributed by atoms with E-state index < -0.39 is 11.5 Å². The molecule has 2 aromatic carbocycles. The van der Waals surface area contributed by atoms with E-state index in [2.05, 4.69) is 15.3 Å². The molecule has 0 atom stereocenters. The molecule has 1 heterocycles. The quantitative estimate of drug-likeness (QED) is 0.437. The summed E-state index contributed by atoms with van der Waals surface area (Å²) >= 11 is 5.09. The molecule has 0 unspecified atom stereocenters. The molecule has 2 N–H and O–H groups in total. The van der Waals surface area contributed by atoms with E-state index >= 15 is 0 Å². The van der Waals surface area contributed by atoms with Gasteiger partial charge in [-0.3, -0.25) is 14.7 Å². The number of carbonyl (C=O) groups is 1. The summed E-state index contributed by atoms with van der Waals surface area (Å²) in [5.41, 5.74) is 1.14. The van der Waals surface area contributed by atoms with Crippen LogP contribution < -0.4 is 10.3 Å². The minimum absolute atomic E-state index is 0.0166. The van der Waals surface area contributed by atoms with Gasteiger partial charge in [0.15, 0.2) is 0 Å². The Morgan fingerprint density at radius 3 is 2.69 bits per heavy atom. The summed E-state index contributed by atoms with van der Waals surface area (Å²) in [6, 6.07) is 16.9. The number of ether oxygens (including phenoxy) is 1. The van der Waals surface area contributed by atoms with E-state index in [1.165, 1.54) is 6.21 Å². The van der Waals surface area contributed by atoms with Crippen molar-refractivity contribution in [3.8, 4) is 5.75 Å². The number of benzene rings is 2. The van der Waals surface area contributed by atoms with Crippen molar-refractivity contribution in [2.24, 2.45) is 5.10 Å². The third kappa shape index (κ3) is 5.45. The van der Waals surface area contributed by atoms with Crippen LogP contribution >= 0.6 is 12.2 Å². The van der Waals surface area contributed by atoms with Gasteiger partial charge in [-0.25, -0.2) is 0 Å². The van der Waals surface area contributed by atoms with Gasteiger partial charge in [-0.2, -0.15) is 14.9 Å². The van der Waals surface area contributed by atoms with Crippen LogP contribution in [0, 0.1) is 4.77 Å². The molecule has 0 aliphatic rings. The predicted molar refractivity (Wildman–Crippen MR) is 110 cm³/mol. The second-order valence-electron chi connectivity index (χ2n) is 6.03. The maximum absolute atomic E-state index is 12.5. The van der Waals surface area contributed by atoms with Crippen LogP contribution in [-0.2, 0) is 17.8 Å². The van der Waals surface area contributed by atoms with Gasteiger partial charge in [0, 0.05) is 12.0 Å². The van der Waals surface area contributed by atoms with Crippen molar-refractivity contribution in [3.05, 3.63) is 86.5 Å². The summed E-state index contributed by atoms with van der Waals surface area (Å²) < 4.78 is 6.79. The fourth-order valence-corrected chi connectivity index (χ4v) is 2.68. The molecule has 0 bridgehead atoms. The van der Waals surface area contributed by atoms with E-state index in [1.54, 1.807) is 0 Å². The Balaban J connectivity index is 1.83. The van der Waals surface area contributed by atoms with Gasteiger partial charge >= 0.3 is 5.97 Å². The number of aliphatic carboxylic acids is 1. The topological polar surface area (TPSA) is 110 Å². The van der Waals surface area contributed by atoms with Crippen molar-refractivity contribution in [2.45, 2.75) is 19.4 Å². The van der Waals surface area contributed by atoms with Gasteiger partial charge < -0.3 is 9.84 Å². The highest BCUT2D eigenvalue weighted by Gasteiger charge is 2.09. The van der Waals surface area contributed by atoms with E-state index in [0.717, 1.165) is 21.6 Å². The molecule has 0 aliphatic carbocycles. The zero-order valence-electron chi connectivity index (χ0n) is 15.3. The molecule has 1 aromatic heterocycles. The van der Waals surface area contributed by atoms with E-state index in [4.69, 9.17) is 22.1 Å². The summed E-state index contributed by atoms with van der Waals surface area (Å²) in [5.74, 6) is -0.272. The number of hydrogen-bond acceptors (Lipinski definition) is 6. The number of nitrogens with one attached hydrogen (secondary N) is 1. The van der Waals surface area contributed by atoms with Gasteiger partial charge in [0.1, 0.15) is 18.1 Å². The number of carboxylic acid groups (broad SMARTS) is 1. The molecular formula is C20H18N4O4S. The Hall–Kier alpha value is -3.59. The second kappa shape index (κ2) is 9.56. The number of hydrogen-bond donors (Lipinski definition) is 2. The Kier molecular flexibility index (Phi) is 6.64. The standard InChI is InChI=1S/C20H18N4O4S/c25-18(26)11-10-17-19(27)24(20(29)23-22-17)21-12-14-6-4-5-7-15(14)13-28-16-8-2-1-3-9-16/h1-9,12H,10-11,13H2,(H,23,29)(H,25,26)/b21-12-. The number of aromatic nitrogens is 3. The van der Waals surface area contributed by atoms with Crippen LogP contribution in [0.1, 0.15) is 23.2 Å². The molecule has 0 aliphatic heterocycles. The Morgan fingerprint density at radius 1 is 1.21 bits per heavy atom. The molecule has 3 rings (SSSR count). The van der Waals surface area contributed by atoms with Gasteiger partial charge in [0.2, 0.25) is 4.77 Å². The molecule has 148 valence electrons. The number of aromatic amines is 1. The van der Waals surface area contributed by atoms with Crippen LogP contribution in [0.15, 0.2) is 64.5 Å². The van der Waals surface area contributed by atoms with Gasteiger partial charge in [0.25, 0.3) is 5.56 Å². The number of nitrogens with zero attached hydrogens (tertiary/aromatic N) is 3. The van der Waals surface area contributed by atoms with Gasteiger partial charge in [-0.15, -0.1) is 0 Å². The van der Waals surface area contributed by atoms with Crippen LogP contribution in [-0.4, -0.2) is 32.2 Å². The van der Waals surface area contributed by atoms with Crippen LogP contribution in [0.25, 0.3) is 0 Å². The summed E-state index contributed by atoms with van der Waals surface area (Å²) in [6.07, 6.45) is 1.28. The highest BCUT2D eigenvalue weighted by atomic mass is 32.1. The smallest absolute Gasteiger partial charge is 0.303 e. The fourth-order valence-electron chi connectivity index (χ4n) is 2.51. The van der Waals surface area contributed by atoms with E-state index in [0.29, 0.717) is 6.61 Å². The van der Waals surface area contributed by atoms with Gasteiger partial charge in [0.05, 0.1) is 12.6 Å². The van der Waals surface area contributed by atoms with Crippen molar-refractivity contribution in [1.29, 1.82) is 0 Å². The first-order valence-corrected chi connectivity index (χ1v) is 9.18. The molecule has 0 radical (unpaired) electrons. The maximum Gasteiger partial charge on any atom is 0.303 e. The molecule has 9 heteroatoms. The van der Waals surface area contributed by atoms with Crippen LogP contribution in [0.3, 0.4) is 0 Å². The molecule has 0 saturated heterocycles. The van der Waals surface area contributed by atoms with E-state index in [9.17, 15) is 9.59 Å². The third-order valence-corrected chi connectivity index (χ3v) is 4.26.